The normalized spacial score (nSPS) is 18.9. The summed E-state index contributed by atoms with van der Waals surface area (Å²) in [5, 5.41) is 0. The van der Waals surface area contributed by atoms with Crippen molar-refractivity contribution in [3.63, 3.8) is 0 Å². The van der Waals surface area contributed by atoms with Crippen molar-refractivity contribution in [3.8, 4) is 0 Å². The van der Waals surface area contributed by atoms with Crippen LogP contribution in [0.4, 0.5) is 4.39 Å². The first kappa shape index (κ1) is 16.7. The highest BCUT2D eigenvalue weighted by Crippen LogP contribution is 2.11. The maximum Gasteiger partial charge on any atom is 0.368 e. The van der Waals surface area contributed by atoms with Gasteiger partial charge in [0, 0.05) is 0 Å². The van der Waals surface area contributed by atoms with Gasteiger partial charge in [0.05, 0.1) is 12.9 Å². The summed E-state index contributed by atoms with van der Waals surface area (Å²) in [6, 6.07) is 0. The van der Waals surface area contributed by atoms with Gasteiger partial charge in [-0.2, -0.15) is 0 Å². The van der Waals surface area contributed by atoms with E-state index in [1.807, 2.05) is 0 Å². The molecule has 1 rings (SSSR count). The van der Waals surface area contributed by atoms with Crippen molar-refractivity contribution >= 4 is 5.97 Å². The summed E-state index contributed by atoms with van der Waals surface area (Å²) in [6.07, 6.45) is 7.14. The van der Waals surface area contributed by atoms with Gasteiger partial charge in [-0.15, -0.1) is 0 Å². The van der Waals surface area contributed by atoms with Gasteiger partial charge in [0.15, 0.2) is 0 Å². The van der Waals surface area contributed by atoms with Crippen molar-refractivity contribution in [2.24, 2.45) is 5.92 Å². The molecule has 0 aliphatic carbocycles. The van der Waals surface area contributed by atoms with Crippen molar-refractivity contribution in [1.82, 2.24) is 0 Å². The first-order valence-electron chi connectivity index (χ1n) is 7.04. The van der Waals surface area contributed by atoms with E-state index in [0.29, 0.717) is 5.92 Å². The molecule has 2 unspecified atom stereocenters. The Balaban J connectivity index is 2.06. The summed E-state index contributed by atoms with van der Waals surface area (Å²) in [6.45, 7) is 4.56. The first-order chi connectivity index (χ1) is 9.59. The zero-order valence-corrected chi connectivity index (χ0v) is 12.1. The first-order valence-corrected chi connectivity index (χ1v) is 7.04. The Morgan fingerprint density at radius 2 is 2.10 bits per heavy atom. The zero-order valence-electron chi connectivity index (χ0n) is 12.1. The molecule has 1 aliphatic heterocycles. The molecule has 0 radical (unpaired) electrons. The molecule has 1 aliphatic rings. The maximum absolute atomic E-state index is 13.4. The molecule has 0 saturated carbocycles. The monoisotopic (exact) mass is 286 g/mol. The molecule has 20 heavy (non-hydrogen) atoms. The van der Waals surface area contributed by atoms with Crippen LogP contribution in [0.2, 0.25) is 0 Å². The maximum atomic E-state index is 13.4. The van der Waals surface area contributed by atoms with Gasteiger partial charge in [-0.3, -0.25) is 4.74 Å². The van der Waals surface area contributed by atoms with Crippen LogP contribution in [0.1, 0.15) is 39.5 Å². The summed E-state index contributed by atoms with van der Waals surface area (Å²) in [5.74, 6) is -0.320. The van der Waals surface area contributed by atoms with Crippen LogP contribution in [-0.4, -0.2) is 25.2 Å². The Bertz CT molecular complexity index is 339. The van der Waals surface area contributed by atoms with Crippen LogP contribution < -0.4 is 0 Å². The molecule has 114 valence electrons. The van der Waals surface area contributed by atoms with Gasteiger partial charge in [-0.05, 0) is 24.5 Å². The SMILES string of the molecule is CC(C)CCCCCOC(=O)C(F)OC1C=CC=CO1. The predicted molar refractivity (Wildman–Crippen MR) is 73.4 cm³/mol. The lowest BCUT2D eigenvalue weighted by Crippen LogP contribution is -2.28. The van der Waals surface area contributed by atoms with Gasteiger partial charge < -0.3 is 9.47 Å². The minimum Gasteiger partial charge on any atom is -0.469 e. The quantitative estimate of drug-likeness (QED) is 0.481. The number of ether oxygens (including phenoxy) is 3. The summed E-state index contributed by atoms with van der Waals surface area (Å²) in [4.78, 5) is 11.3. The molecule has 0 aromatic heterocycles. The van der Waals surface area contributed by atoms with Crippen LogP contribution in [0.3, 0.4) is 0 Å². The topological polar surface area (TPSA) is 44.8 Å². The second kappa shape index (κ2) is 9.53. The van der Waals surface area contributed by atoms with Crippen LogP contribution in [0.25, 0.3) is 0 Å². The van der Waals surface area contributed by atoms with E-state index < -0.39 is 18.6 Å². The molecule has 0 amide bonds. The fourth-order valence-electron chi connectivity index (χ4n) is 1.69. The molecule has 1 heterocycles. The highest BCUT2D eigenvalue weighted by atomic mass is 19.1. The zero-order chi connectivity index (χ0) is 14.8. The summed E-state index contributed by atoms with van der Waals surface area (Å²) in [7, 11) is 0. The lowest BCUT2D eigenvalue weighted by atomic mass is 10.1. The molecule has 0 N–H and O–H groups in total. The fourth-order valence-corrected chi connectivity index (χ4v) is 1.69. The minimum atomic E-state index is -2.12. The number of rotatable bonds is 9. The van der Waals surface area contributed by atoms with Crippen molar-refractivity contribution < 1.29 is 23.4 Å². The van der Waals surface area contributed by atoms with Crippen molar-refractivity contribution in [3.05, 3.63) is 24.5 Å². The number of hydrogen-bond donors (Lipinski definition) is 0. The summed E-state index contributed by atoms with van der Waals surface area (Å²) < 4.78 is 27.9. The fraction of sp³-hybridized carbons (Fsp3) is 0.667. The average Bonchev–Trinajstić information content (AvgIpc) is 2.43. The van der Waals surface area contributed by atoms with E-state index in [1.54, 1.807) is 12.2 Å². The van der Waals surface area contributed by atoms with E-state index in [0.717, 1.165) is 25.7 Å². The van der Waals surface area contributed by atoms with Crippen molar-refractivity contribution in [1.29, 1.82) is 0 Å². The molecule has 0 aromatic rings. The molecule has 0 saturated heterocycles. The van der Waals surface area contributed by atoms with Gasteiger partial charge in [0.25, 0.3) is 0 Å². The molecule has 4 nitrogen and oxygen atoms in total. The van der Waals surface area contributed by atoms with Crippen molar-refractivity contribution in [2.45, 2.75) is 52.2 Å². The molecule has 0 fully saturated rings. The predicted octanol–water partition coefficient (Wildman–Crippen LogP) is 3.48. The van der Waals surface area contributed by atoms with Crippen LogP contribution in [0.15, 0.2) is 24.5 Å². The third-order valence-corrected chi connectivity index (χ3v) is 2.78. The van der Waals surface area contributed by atoms with Gasteiger partial charge in [0.1, 0.15) is 0 Å². The van der Waals surface area contributed by atoms with E-state index in [-0.39, 0.29) is 6.61 Å². The number of unbranched alkanes of at least 4 members (excludes halogenated alkanes) is 2. The third kappa shape index (κ3) is 7.28. The van der Waals surface area contributed by atoms with Crippen LogP contribution in [0.5, 0.6) is 0 Å². The summed E-state index contributed by atoms with van der Waals surface area (Å²) in [5.41, 5.74) is 0. The number of hydrogen-bond acceptors (Lipinski definition) is 4. The Morgan fingerprint density at radius 1 is 1.30 bits per heavy atom. The number of alkyl halides is 1. The standard InChI is InChI=1S/C15H23FO4/c1-12(2)8-4-3-6-11-19-15(17)14(16)20-13-9-5-7-10-18-13/h5,7,9-10,12-14H,3-4,6,8,11H2,1-2H3. The average molecular weight is 286 g/mol. The highest BCUT2D eigenvalue weighted by Gasteiger charge is 2.23. The molecule has 2 atom stereocenters. The number of halogens is 1. The molecule has 0 aromatic carbocycles. The smallest absolute Gasteiger partial charge is 0.368 e. The van der Waals surface area contributed by atoms with Crippen LogP contribution >= 0.6 is 0 Å². The Hall–Kier alpha value is -1.36. The second-order valence-electron chi connectivity index (χ2n) is 5.08. The Morgan fingerprint density at radius 3 is 2.75 bits per heavy atom. The minimum absolute atomic E-state index is 0.224. The van der Waals surface area contributed by atoms with E-state index in [2.05, 4.69) is 13.8 Å². The second-order valence-corrected chi connectivity index (χ2v) is 5.08. The van der Waals surface area contributed by atoms with E-state index >= 15 is 0 Å². The molecule has 0 spiro atoms. The lowest BCUT2D eigenvalue weighted by molar-refractivity contribution is -0.195. The summed E-state index contributed by atoms with van der Waals surface area (Å²) >= 11 is 0. The van der Waals surface area contributed by atoms with Gasteiger partial charge in [0.2, 0.25) is 6.29 Å². The molecule has 5 heteroatoms. The Labute approximate surface area is 119 Å². The van der Waals surface area contributed by atoms with Gasteiger partial charge >= 0.3 is 12.3 Å². The molecular weight excluding hydrogens is 263 g/mol. The number of esters is 1. The van der Waals surface area contributed by atoms with E-state index in [1.165, 1.54) is 12.3 Å². The van der Waals surface area contributed by atoms with Crippen LogP contribution in [-0.2, 0) is 19.0 Å². The van der Waals surface area contributed by atoms with Crippen molar-refractivity contribution in [2.75, 3.05) is 6.61 Å². The van der Waals surface area contributed by atoms with E-state index in [9.17, 15) is 9.18 Å². The number of allylic oxidation sites excluding steroid dienone is 2. The molecule has 0 bridgehead atoms. The largest absolute Gasteiger partial charge is 0.469 e. The van der Waals surface area contributed by atoms with E-state index in [4.69, 9.17) is 14.2 Å². The third-order valence-electron chi connectivity index (χ3n) is 2.78. The van der Waals surface area contributed by atoms with Gasteiger partial charge in [-0.1, -0.05) is 39.2 Å². The van der Waals surface area contributed by atoms with Crippen LogP contribution in [0, 0.1) is 5.92 Å². The molecular formula is C15H23FO4. The Kier molecular flexibility index (Phi) is 7.95. The lowest BCUT2D eigenvalue weighted by Gasteiger charge is -2.17. The highest BCUT2D eigenvalue weighted by molar-refractivity contribution is 5.72. The number of carbonyl (C=O) groups excluding carboxylic acids is 1. The number of carbonyl (C=O) groups is 1. The van der Waals surface area contributed by atoms with Gasteiger partial charge in [-0.25, -0.2) is 9.18 Å².